The Labute approximate surface area is 127 Å². The predicted molar refractivity (Wildman–Crippen MR) is 82.1 cm³/mol. The van der Waals surface area contributed by atoms with Gasteiger partial charge in [-0.1, -0.05) is 18.2 Å². The molecule has 4 nitrogen and oxygen atoms in total. The average molecular weight is 304 g/mol. The summed E-state index contributed by atoms with van der Waals surface area (Å²) in [5.74, 6) is 0.186. The Morgan fingerprint density at radius 1 is 1.24 bits per heavy atom. The Morgan fingerprint density at radius 2 is 2.00 bits per heavy atom. The van der Waals surface area contributed by atoms with E-state index in [1.165, 1.54) is 11.8 Å². The second kappa shape index (κ2) is 7.15. The lowest BCUT2D eigenvalue weighted by atomic mass is 10.1. The molecule has 2 rings (SSSR count). The third kappa shape index (κ3) is 4.24. The Morgan fingerprint density at radius 3 is 2.71 bits per heavy atom. The lowest BCUT2D eigenvalue weighted by Gasteiger charge is -2.12. The number of benzene rings is 2. The van der Waals surface area contributed by atoms with Crippen molar-refractivity contribution >= 4 is 17.7 Å². The molecule has 1 unspecified atom stereocenters. The van der Waals surface area contributed by atoms with Crippen molar-refractivity contribution in [2.24, 2.45) is 0 Å². The molecule has 2 N–H and O–H groups in total. The third-order valence-corrected chi connectivity index (χ3v) is 4.04. The summed E-state index contributed by atoms with van der Waals surface area (Å²) in [7, 11) is 1.58. The highest BCUT2D eigenvalue weighted by molar-refractivity contribution is 7.99. The molecule has 1 atom stereocenters. The molecule has 0 amide bonds. The number of hydrogen-bond donors (Lipinski definition) is 2. The molecule has 0 radical (unpaired) electrons. The number of carboxylic acid groups (broad SMARTS) is 1. The van der Waals surface area contributed by atoms with Crippen molar-refractivity contribution in [3.05, 3.63) is 59.7 Å². The maximum absolute atomic E-state index is 10.9. The van der Waals surface area contributed by atoms with E-state index in [-0.39, 0.29) is 5.56 Å². The highest BCUT2D eigenvalue weighted by atomic mass is 32.2. The summed E-state index contributed by atoms with van der Waals surface area (Å²) in [6, 6.07) is 13.9. The largest absolute Gasteiger partial charge is 0.497 e. The van der Waals surface area contributed by atoms with Crippen molar-refractivity contribution in [1.82, 2.24) is 0 Å². The van der Waals surface area contributed by atoms with Gasteiger partial charge in [0.15, 0.2) is 0 Å². The lowest BCUT2D eigenvalue weighted by Crippen LogP contribution is -2.01. The van der Waals surface area contributed by atoms with E-state index in [1.54, 1.807) is 31.4 Å². The van der Waals surface area contributed by atoms with Crippen molar-refractivity contribution in [3.63, 3.8) is 0 Å². The molecule has 110 valence electrons. The summed E-state index contributed by atoms with van der Waals surface area (Å²) in [5.41, 5.74) is 1.02. The Hall–Kier alpha value is -1.98. The van der Waals surface area contributed by atoms with E-state index < -0.39 is 12.1 Å². The predicted octanol–water partition coefficient (Wildman–Crippen LogP) is 3.22. The van der Waals surface area contributed by atoms with Crippen molar-refractivity contribution in [1.29, 1.82) is 0 Å². The van der Waals surface area contributed by atoms with E-state index in [2.05, 4.69) is 0 Å². The van der Waals surface area contributed by atoms with E-state index in [0.717, 1.165) is 10.5 Å². The highest BCUT2D eigenvalue weighted by Crippen LogP contribution is 2.27. The number of rotatable bonds is 6. The number of methoxy groups -OCH3 is 1. The fourth-order valence-corrected chi connectivity index (χ4v) is 2.77. The van der Waals surface area contributed by atoms with Gasteiger partial charge in [0, 0.05) is 10.6 Å². The minimum absolute atomic E-state index is 0.246. The molecule has 0 saturated carbocycles. The fourth-order valence-electron chi connectivity index (χ4n) is 1.84. The summed E-state index contributed by atoms with van der Waals surface area (Å²) in [4.78, 5) is 11.7. The van der Waals surface area contributed by atoms with Crippen LogP contribution in [0.3, 0.4) is 0 Å². The zero-order valence-electron chi connectivity index (χ0n) is 11.5. The van der Waals surface area contributed by atoms with Gasteiger partial charge < -0.3 is 14.9 Å². The number of carbonyl (C=O) groups is 1. The number of aromatic carboxylic acids is 1. The second-order valence-electron chi connectivity index (χ2n) is 4.44. The number of hydrogen-bond acceptors (Lipinski definition) is 4. The van der Waals surface area contributed by atoms with E-state index in [1.807, 2.05) is 24.3 Å². The fraction of sp³-hybridized carbons (Fsp3) is 0.188. The van der Waals surface area contributed by atoms with Crippen LogP contribution >= 0.6 is 11.8 Å². The van der Waals surface area contributed by atoms with Gasteiger partial charge in [0.2, 0.25) is 0 Å². The summed E-state index contributed by atoms with van der Waals surface area (Å²) in [5, 5.41) is 19.1. The Balaban J connectivity index is 2.01. The van der Waals surface area contributed by atoms with Crippen LogP contribution in [0.25, 0.3) is 0 Å². The van der Waals surface area contributed by atoms with Gasteiger partial charge in [0.25, 0.3) is 0 Å². The van der Waals surface area contributed by atoms with Gasteiger partial charge >= 0.3 is 5.97 Å². The first kappa shape index (κ1) is 15.4. The van der Waals surface area contributed by atoms with Crippen LogP contribution in [0.5, 0.6) is 5.75 Å². The molecule has 0 fully saturated rings. The second-order valence-corrected chi connectivity index (χ2v) is 5.53. The molecule has 0 spiro atoms. The molecular formula is C16H16O4S. The molecular weight excluding hydrogens is 288 g/mol. The zero-order chi connectivity index (χ0) is 15.2. The molecule has 0 heterocycles. The molecule has 5 heteroatoms. The normalized spacial score (nSPS) is 11.9. The van der Waals surface area contributed by atoms with E-state index in [9.17, 15) is 9.90 Å². The minimum atomic E-state index is -0.953. The smallest absolute Gasteiger partial charge is 0.335 e. The highest BCUT2D eigenvalue weighted by Gasteiger charge is 2.10. The molecule has 0 aromatic heterocycles. The molecule has 0 saturated heterocycles. The molecule has 0 bridgehead atoms. The quantitative estimate of drug-likeness (QED) is 0.802. The standard InChI is InChI=1S/C16H16O4S/c1-20-13-6-2-4-11(8-13)15(17)10-21-14-7-3-5-12(9-14)16(18)19/h2-9,15,17H,10H2,1H3,(H,18,19). The Bertz CT molecular complexity index is 627. The maximum atomic E-state index is 10.9. The summed E-state index contributed by atoms with van der Waals surface area (Å²) in [6.45, 7) is 0. The van der Waals surface area contributed by atoms with E-state index >= 15 is 0 Å². The molecule has 21 heavy (non-hydrogen) atoms. The van der Waals surface area contributed by atoms with Gasteiger partial charge in [0.05, 0.1) is 18.8 Å². The van der Waals surface area contributed by atoms with Crippen LogP contribution in [-0.4, -0.2) is 29.0 Å². The maximum Gasteiger partial charge on any atom is 0.335 e. The summed E-state index contributed by atoms with van der Waals surface area (Å²) in [6.07, 6.45) is -0.640. The first-order valence-corrected chi connectivity index (χ1v) is 7.37. The topological polar surface area (TPSA) is 66.8 Å². The van der Waals surface area contributed by atoms with Crippen LogP contribution in [0.4, 0.5) is 0 Å². The molecule has 0 aliphatic rings. The van der Waals surface area contributed by atoms with Crippen molar-refractivity contribution in [3.8, 4) is 5.75 Å². The van der Waals surface area contributed by atoms with Gasteiger partial charge in [-0.2, -0.15) is 0 Å². The van der Waals surface area contributed by atoms with Crippen molar-refractivity contribution in [2.75, 3.05) is 12.9 Å². The van der Waals surface area contributed by atoms with Crippen molar-refractivity contribution in [2.45, 2.75) is 11.0 Å². The van der Waals surface area contributed by atoms with Gasteiger partial charge in [-0.3, -0.25) is 0 Å². The molecule has 2 aromatic carbocycles. The number of ether oxygens (including phenoxy) is 1. The van der Waals surface area contributed by atoms with Crippen molar-refractivity contribution < 1.29 is 19.7 Å². The number of aliphatic hydroxyl groups excluding tert-OH is 1. The lowest BCUT2D eigenvalue weighted by molar-refractivity contribution is 0.0696. The van der Waals surface area contributed by atoms with Crippen LogP contribution in [-0.2, 0) is 0 Å². The summed E-state index contributed by atoms with van der Waals surface area (Å²) >= 11 is 1.41. The van der Waals surface area contributed by atoms with Crippen LogP contribution in [0.15, 0.2) is 53.4 Å². The molecule has 0 aliphatic carbocycles. The van der Waals surface area contributed by atoms with Gasteiger partial charge in [-0.25, -0.2) is 4.79 Å². The van der Waals surface area contributed by atoms with Crippen LogP contribution in [0.1, 0.15) is 22.0 Å². The third-order valence-electron chi connectivity index (χ3n) is 2.97. The van der Waals surface area contributed by atoms with Gasteiger partial charge in [0.1, 0.15) is 5.75 Å². The first-order valence-electron chi connectivity index (χ1n) is 6.38. The Kier molecular flexibility index (Phi) is 5.25. The molecule has 0 aliphatic heterocycles. The zero-order valence-corrected chi connectivity index (χ0v) is 12.3. The number of aliphatic hydroxyl groups is 1. The number of carboxylic acids is 1. The first-order chi connectivity index (χ1) is 10.1. The SMILES string of the molecule is COc1cccc(C(O)CSc2cccc(C(=O)O)c2)c1. The number of thioether (sulfide) groups is 1. The van der Waals surface area contributed by atoms with E-state index in [4.69, 9.17) is 9.84 Å². The monoisotopic (exact) mass is 304 g/mol. The van der Waals surface area contributed by atoms with Crippen LogP contribution < -0.4 is 4.74 Å². The minimum Gasteiger partial charge on any atom is -0.497 e. The van der Waals surface area contributed by atoms with Crippen LogP contribution in [0, 0.1) is 0 Å². The van der Waals surface area contributed by atoms with Crippen LogP contribution in [0.2, 0.25) is 0 Å². The summed E-state index contributed by atoms with van der Waals surface area (Å²) < 4.78 is 5.13. The molecule has 2 aromatic rings. The van der Waals surface area contributed by atoms with Gasteiger partial charge in [-0.05, 0) is 35.9 Å². The van der Waals surface area contributed by atoms with Gasteiger partial charge in [-0.15, -0.1) is 11.8 Å². The average Bonchev–Trinajstić information content (AvgIpc) is 2.53. The van der Waals surface area contributed by atoms with E-state index in [0.29, 0.717) is 11.5 Å².